The summed E-state index contributed by atoms with van der Waals surface area (Å²) >= 11 is 0. The van der Waals surface area contributed by atoms with E-state index in [2.05, 4.69) is 4.98 Å². The van der Waals surface area contributed by atoms with Crippen molar-refractivity contribution in [3.63, 3.8) is 0 Å². The Morgan fingerprint density at radius 1 is 1.53 bits per heavy atom. The third-order valence-corrected chi connectivity index (χ3v) is 2.10. The number of carbonyl (C=O) groups is 1. The lowest BCUT2D eigenvalue weighted by Crippen LogP contribution is -2.00. The monoisotopic (exact) mass is 243 g/mol. The van der Waals surface area contributed by atoms with Crippen LogP contribution >= 0.6 is 0 Å². The molecule has 6 nitrogen and oxygen atoms in total. The van der Waals surface area contributed by atoms with Crippen LogP contribution in [-0.2, 0) is 22.5 Å². The van der Waals surface area contributed by atoms with Crippen molar-refractivity contribution in [2.24, 2.45) is 0 Å². The molecular formula is C11H17NO5. The highest BCUT2D eigenvalue weighted by molar-refractivity contribution is 5.85. The van der Waals surface area contributed by atoms with Gasteiger partial charge in [0.15, 0.2) is 5.89 Å². The van der Waals surface area contributed by atoms with E-state index in [0.717, 1.165) is 6.42 Å². The van der Waals surface area contributed by atoms with Gasteiger partial charge in [0.2, 0.25) is 5.76 Å². The fourth-order valence-corrected chi connectivity index (χ4v) is 1.38. The van der Waals surface area contributed by atoms with Gasteiger partial charge in [-0.25, -0.2) is 9.78 Å². The smallest absolute Gasteiger partial charge is 0.373 e. The standard InChI is InChI=1S/C11H17NO5/c1-3-16-6-4-5-9-12-8(7-15-2)10(17-9)11(13)14/h3-7H2,1-2H3,(H,13,14). The van der Waals surface area contributed by atoms with Crippen LogP contribution < -0.4 is 0 Å². The fraction of sp³-hybridized carbons (Fsp3) is 0.636. The second kappa shape index (κ2) is 7.03. The van der Waals surface area contributed by atoms with Gasteiger partial charge in [-0.05, 0) is 13.3 Å². The van der Waals surface area contributed by atoms with Gasteiger partial charge in [-0.2, -0.15) is 0 Å². The molecule has 1 aromatic heterocycles. The van der Waals surface area contributed by atoms with Crippen molar-refractivity contribution >= 4 is 5.97 Å². The number of rotatable bonds is 8. The predicted molar refractivity (Wildman–Crippen MR) is 59.0 cm³/mol. The molecule has 0 aliphatic carbocycles. The Morgan fingerprint density at radius 2 is 2.29 bits per heavy atom. The fourth-order valence-electron chi connectivity index (χ4n) is 1.38. The van der Waals surface area contributed by atoms with Gasteiger partial charge in [0.1, 0.15) is 5.69 Å². The summed E-state index contributed by atoms with van der Waals surface area (Å²) in [5, 5.41) is 8.90. The number of methoxy groups -OCH3 is 1. The summed E-state index contributed by atoms with van der Waals surface area (Å²) in [5.41, 5.74) is 0.325. The molecule has 1 aromatic rings. The van der Waals surface area contributed by atoms with Crippen LogP contribution in [0.5, 0.6) is 0 Å². The lowest BCUT2D eigenvalue weighted by molar-refractivity contribution is 0.0653. The SMILES string of the molecule is CCOCCCc1nc(COC)c(C(=O)O)o1. The molecule has 0 saturated heterocycles. The number of aromatic nitrogens is 1. The maximum Gasteiger partial charge on any atom is 0.373 e. The quantitative estimate of drug-likeness (QED) is 0.696. The van der Waals surface area contributed by atoms with Crippen LogP contribution in [0.4, 0.5) is 0 Å². The van der Waals surface area contributed by atoms with Crippen LogP contribution in [0.2, 0.25) is 0 Å². The van der Waals surface area contributed by atoms with Crippen molar-refractivity contribution in [2.75, 3.05) is 20.3 Å². The average molecular weight is 243 g/mol. The zero-order valence-corrected chi connectivity index (χ0v) is 10.1. The summed E-state index contributed by atoms with van der Waals surface area (Å²) in [6, 6.07) is 0. The maximum absolute atomic E-state index is 10.9. The molecule has 1 heterocycles. The Morgan fingerprint density at radius 3 is 2.88 bits per heavy atom. The van der Waals surface area contributed by atoms with E-state index in [1.807, 2.05) is 6.92 Å². The molecule has 17 heavy (non-hydrogen) atoms. The molecule has 6 heteroatoms. The number of carboxylic acids is 1. The largest absolute Gasteiger partial charge is 0.475 e. The van der Waals surface area contributed by atoms with Crippen molar-refractivity contribution in [3.05, 3.63) is 17.3 Å². The molecule has 0 atom stereocenters. The molecule has 1 rings (SSSR count). The first-order chi connectivity index (χ1) is 8.19. The first-order valence-corrected chi connectivity index (χ1v) is 5.47. The highest BCUT2D eigenvalue weighted by atomic mass is 16.5. The molecule has 0 amide bonds. The van der Waals surface area contributed by atoms with Crippen molar-refractivity contribution in [3.8, 4) is 0 Å². The third kappa shape index (κ3) is 4.16. The van der Waals surface area contributed by atoms with E-state index in [4.69, 9.17) is 19.0 Å². The molecule has 0 aromatic carbocycles. The lowest BCUT2D eigenvalue weighted by atomic mass is 10.3. The Kier molecular flexibility index (Phi) is 5.65. The van der Waals surface area contributed by atoms with Gasteiger partial charge >= 0.3 is 5.97 Å². The van der Waals surface area contributed by atoms with Gasteiger partial charge < -0.3 is 19.0 Å². The van der Waals surface area contributed by atoms with Crippen LogP contribution in [0.25, 0.3) is 0 Å². The van der Waals surface area contributed by atoms with E-state index in [-0.39, 0.29) is 12.4 Å². The van der Waals surface area contributed by atoms with Gasteiger partial charge in [0.05, 0.1) is 6.61 Å². The van der Waals surface area contributed by atoms with Crippen LogP contribution in [-0.4, -0.2) is 36.4 Å². The zero-order valence-electron chi connectivity index (χ0n) is 10.1. The Labute approximate surface area is 99.5 Å². The average Bonchev–Trinajstić information content (AvgIpc) is 2.68. The van der Waals surface area contributed by atoms with Crippen LogP contribution in [0, 0.1) is 0 Å². The molecule has 1 N–H and O–H groups in total. The highest BCUT2D eigenvalue weighted by Gasteiger charge is 2.18. The highest BCUT2D eigenvalue weighted by Crippen LogP contribution is 2.13. The topological polar surface area (TPSA) is 81.8 Å². The molecular weight excluding hydrogens is 226 g/mol. The maximum atomic E-state index is 10.9. The molecule has 0 aliphatic heterocycles. The van der Waals surface area contributed by atoms with E-state index < -0.39 is 5.97 Å². The first-order valence-electron chi connectivity index (χ1n) is 5.47. The van der Waals surface area contributed by atoms with Gasteiger partial charge in [0, 0.05) is 26.7 Å². The minimum atomic E-state index is -1.12. The van der Waals surface area contributed by atoms with E-state index >= 15 is 0 Å². The van der Waals surface area contributed by atoms with Gasteiger partial charge in [-0.15, -0.1) is 0 Å². The van der Waals surface area contributed by atoms with Crippen molar-refractivity contribution in [1.29, 1.82) is 0 Å². The molecule has 96 valence electrons. The van der Waals surface area contributed by atoms with E-state index in [1.165, 1.54) is 7.11 Å². The number of nitrogens with zero attached hydrogens (tertiary/aromatic N) is 1. The molecule has 0 saturated carbocycles. The summed E-state index contributed by atoms with van der Waals surface area (Å²) < 4.78 is 15.2. The number of hydrogen-bond acceptors (Lipinski definition) is 5. The molecule has 0 aliphatic rings. The molecule has 0 radical (unpaired) electrons. The van der Waals surface area contributed by atoms with Crippen molar-refractivity contribution < 1.29 is 23.8 Å². The second-order valence-corrected chi connectivity index (χ2v) is 3.42. The van der Waals surface area contributed by atoms with Gasteiger partial charge in [-0.1, -0.05) is 0 Å². The van der Waals surface area contributed by atoms with Crippen molar-refractivity contribution in [1.82, 2.24) is 4.98 Å². The van der Waals surface area contributed by atoms with Gasteiger partial charge in [-0.3, -0.25) is 0 Å². The van der Waals surface area contributed by atoms with E-state index in [9.17, 15) is 4.79 Å². The normalized spacial score (nSPS) is 10.7. The summed E-state index contributed by atoms with van der Waals surface area (Å²) in [4.78, 5) is 15.0. The second-order valence-electron chi connectivity index (χ2n) is 3.42. The number of hydrogen-bond donors (Lipinski definition) is 1. The first kappa shape index (κ1) is 13.7. The summed E-state index contributed by atoms with van der Waals surface area (Å²) in [5.74, 6) is -0.854. The number of aryl methyl sites for hydroxylation is 1. The third-order valence-electron chi connectivity index (χ3n) is 2.10. The number of oxazole rings is 1. The number of carboxylic acid groups (broad SMARTS) is 1. The number of aromatic carboxylic acids is 1. The Balaban J connectivity index is 2.61. The number of ether oxygens (including phenoxy) is 2. The minimum Gasteiger partial charge on any atom is -0.475 e. The Hall–Kier alpha value is -1.40. The molecule has 0 bridgehead atoms. The molecule has 0 unspecified atom stereocenters. The lowest BCUT2D eigenvalue weighted by Gasteiger charge is -1.97. The minimum absolute atomic E-state index is 0.136. The molecule has 0 spiro atoms. The molecule has 0 fully saturated rings. The van der Waals surface area contributed by atoms with E-state index in [1.54, 1.807) is 0 Å². The summed E-state index contributed by atoms with van der Waals surface area (Å²) in [7, 11) is 1.48. The van der Waals surface area contributed by atoms with E-state index in [0.29, 0.717) is 31.2 Å². The zero-order chi connectivity index (χ0) is 12.7. The summed E-state index contributed by atoms with van der Waals surface area (Å²) in [6.07, 6.45) is 1.31. The Bertz CT molecular complexity index is 361. The predicted octanol–water partition coefficient (Wildman–Crippen LogP) is 1.49. The van der Waals surface area contributed by atoms with Gasteiger partial charge in [0.25, 0.3) is 0 Å². The van der Waals surface area contributed by atoms with Crippen LogP contribution in [0.15, 0.2) is 4.42 Å². The summed E-state index contributed by atoms with van der Waals surface area (Å²) in [6.45, 7) is 3.34. The van der Waals surface area contributed by atoms with Crippen LogP contribution in [0.3, 0.4) is 0 Å². The van der Waals surface area contributed by atoms with Crippen molar-refractivity contribution in [2.45, 2.75) is 26.4 Å². The van der Waals surface area contributed by atoms with Crippen LogP contribution in [0.1, 0.15) is 35.5 Å².